The Kier molecular flexibility index (Phi) is 5.58. The van der Waals surface area contributed by atoms with Gasteiger partial charge in [-0.2, -0.15) is 0 Å². The van der Waals surface area contributed by atoms with E-state index < -0.39 is 0 Å². The summed E-state index contributed by atoms with van der Waals surface area (Å²) in [5.41, 5.74) is -0.237. The lowest BCUT2D eigenvalue weighted by atomic mass is 9.44. The Labute approximate surface area is 161 Å². The summed E-state index contributed by atoms with van der Waals surface area (Å²) >= 11 is 9.18. The lowest BCUT2D eigenvalue weighted by molar-refractivity contribution is -0.150. The molecule has 3 saturated carbocycles. The number of hydrogen-bond donors (Lipinski definition) is 2. The van der Waals surface area contributed by atoms with Gasteiger partial charge in [0.2, 0.25) is 5.91 Å². The topological polar surface area (TPSA) is 67.4 Å². The molecule has 0 atom stereocenters. The molecule has 0 heterocycles. The number of hydrogen-bond acceptors (Lipinski definition) is 3. The van der Waals surface area contributed by atoms with Crippen LogP contribution in [-0.2, 0) is 9.59 Å². The molecule has 2 N–H and O–H groups in total. The fourth-order valence-corrected chi connectivity index (χ4v) is 4.33. The van der Waals surface area contributed by atoms with Crippen LogP contribution in [0.1, 0.15) is 38.5 Å². The molecule has 1 aromatic rings. The van der Waals surface area contributed by atoms with Gasteiger partial charge in [0.05, 0.1) is 0 Å². The molecule has 136 valence electrons. The molecule has 0 unspecified atom stereocenters. The van der Waals surface area contributed by atoms with Gasteiger partial charge in [-0.3, -0.25) is 9.59 Å². The highest BCUT2D eigenvalue weighted by Crippen LogP contribution is 2.60. The molecule has 25 heavy (non-hydrogen) atoms. The van der Waals surface area contributed by atoms with E-state index in [1.165, 1.54) is 0 Å². The molecule has 3 fully saturated rings. The van der Waals surface area contributed by atoms with Crippen LogP contribution in [0.15, 0.2) is 24.3 Å². The van der Waals surface area contributed by atoms with Crippen LogP contribution >= 0.6 is 27.5 Å². The van der Waals surface area contributed by atoms with E-state index in [2.05, 4.69) is 26.6 Å². The second-order valence-corrected chi connectivity index (χ2v) is 8.31. The number of ether oxygens (including phenoxy) is 1. The molecule has 3 aliphatic carbocycles. The zero-order chi connectivity index (χ0) is 17.9. The number of halogens is 2. The summed E-state index contributed by atoms with van der Waals surface area (Å²) in [5, 5.41) is 7.73. The number of amides is 2. The maximum atomic E-state index is 12.1. The van der Waals surface area contributed by atoms with Crippen LogP contribution in [0.25, 0.3) is 0 Å². The highest BCUT2D eigenvalue weighted by Gasteiger charge is 2.69. The number of carbonyl (C=O) groups excluding carboxylic acids is 2. The van der Waals surface area contributed by atoms with Crippen LogP contribution < -0.4 is 15.4 Å². The van der Waals surface area contributed by atoms with E-state index in [1.807, 2.05) is 0 Å². The molecule has 5 nitrogen and oxygen atoms in total. The van der Waals surface area contributed by atoms with Crippen molar-refractivity contribution in [2.45, 2.75) is 49.6 Å². The predicted octanol–water partition coefficient (Wildman–Crippen LogP) is 3.19. The van der Waals surface area contributed by atoms with Crippen molar-refractivity contribution >= 4 is 39.3 Å². The summed E-state index contributed by atoms with van der Waals surface area (Å²) in [5.74, 6) is 0.600. The van der Waals surface area contributed by atoms with Crippen LogP contribution in [0.2, 0.25) is 5.02 Å². The lowest BCUT2D eigenvalue weighted by Gasteiger charge is -2.70. The minimum atomic E-state index is -0.149. The Morgan fingerprint density at radius 3 is 2.24 bits per heavy atom. The highest BCUT2D eigenvalue weighted by molar-refractivity contribution is 9.09. The Morgan fingerprint density at radius 1 is 1.04 bits per heavy atom. The van der Waals surface area contributed by atoms with E-state index in [1.54, 1.807) is 24.3 Å². The number of benzene rings is 1. The van der Waals surface area contributed by atoms with E-state index in [-0.39, 0.29) is 29.5 Å². The van der Waals surface area contributed by atoms with E-state index >= 15 is 0 Å². The van der Waals surface area contributed by atoms with Gasteiger partial charge in [-0.15, -0.1) is 0 Å². The van der Waals surface area contributed by atoms with Crippen molar-refractivity contribution in [1.82, 2.24) is 10.6 Å². The predicted molar refractivity (Wildman–Crippen MR) is 100 cm³/mol. The third kappa shape index (κ3) is 4.47. The van der Waals surface area contributed by atoms with Crippen LogP contribution in [0.4, 0.5) is 0 Å². The van der Waals surface area contributed by atoms with Crippen molar-refractivity contribution in [3.63, 3.8) is 0 Å². The molecule has 7 heteroatoms. The molecule has 2 bridgehead atoms. The molecule has 1 aromatic carbocycles. The molecule has 0 aliphatic heterocycles. The summed E-state index contributed by atoms with van der Waals surface area (Å²) in [7, 11) is 0. The average Bonchev–Trinajstić information content (AvgIpc) is 2.51. The normalized spacial score (nSPS) is 26.2. The number of alkyl halides is 1. The number of carbonyl (C=O) groups is 2. The molecule has 0 saturated heterocycles. The summed E-state index contributed by atoms with van der Waals surface area (Å²) in [6.07, 6.45) is 4.93. The van der Waals surface area contributed by atoms with Gasteiger partial charge in [0, 0.05) is 27.9 Å². The van der Waals surface area contributed by atoms with Gasteiger partial charge in [0.25, 0.3) is 5.91 Å². The smallest absolute Gasteiger partial charge is 0.258 e. The van der Waals surface area contributed by atoms with Gasteiger partial charge in [-0.25, -0.2) is 0 Å². The van der Waals surface area contributed by atoms with Gasteiger partial charge in [0.15, 0.2) is 6.61 Å². The SMILES string of the molecule is O=C(CCCCBr)NC12CC(NC(=O)COc3ccc(Cl)cc3)(C1)C2. The maximum absolute atomic E-state index is 12.1. The summed E-state index contributed by atoms with van der Waals surface area (Å²) in [4.78, 5) is 24.0. The monoisotopic (exact) mass is 428 g/mol. The number of rotatable bonds is 9. The molecule has 0 radical (unpaired) electrons. The lowest BCUT2D eigenvalue weighted by Crippen LogP contribution is -2.84. The number of nitrogens with one attached hydrogen (secondary N) is 2. The second-order valence-electron chi connectivity index (χ2n) is 7.08. The maximum Gasteiger partial charge on any atom is 0.258 e. The Hall–Kier alpha value is -1.27. The third-order valence-electron chi connectivity index (χ3n) is 4.81. The second kappa shape index (κ2) is 7.54. The zero-order valence-corrected chi connectivity index (χ0v) is 16.3. The first kappa shape index (κ1) is 18.5. The van der Waals surface area contributed by atoms with Gasteiger partial charge >= 0.3 is 0 Å². The minimum Gasteiger partial charge on any atom is -0.484 e. The first-order valence-corrected chi connectivity index (χ1v) is 10.0. The molecular formula is C18H22BrClN2O3. The van der Waals surface area contributed by atoms with Gasteiger partial charge < -0.3 is 15.4 Å². The largest absolute Gasteiger partial charge is 0.484 e. The Balaban J connectivity index is 1.35. The average molecular weight is 430 g/mol. The van der Waals surface area contributed by atoms with Crippen molar-refractivity contribution in [2.75, 3.05) is 11.9 Å². The van der Waals surface area contributed by atoms with Crippen molar-refractivity contribution in [3.05, 3.63) is 29.3 Å². The van der Waals surface area contributed by atoms with Crippen molar-refractivity contribution in [2.24, 2.45) is 0 Å². The first-order chi connectivity index (χ1) is 11.9. The molecule has 4 rings (SSSR count). The van der Waals surface area contributed by atoms with Crippen molar-refractivity contribution in [1.29, 1.82) is 0 Å². The van der Waals surface area contributed by atoms with Crippen molar-refractivity contribution < 1.29 is 14.3 Å². The third-order valence-corrected chi connectivity index (χ3v) is 5.62. The molecule has 0 aromatic heterocycles. The van der Waals surface area contributed by atoms with Crippen LogP contribution in [0.3, 0.4) is 0 Å². The molecule has 2 amide bonds. The highest BCUT2D eigenvalue weighted by atomic mass is 79.9. The summed E-state index contributed by atoms with van der Waals surface area (Å²) in [6.45, 7) is -0.0186. The van der Waals surface area contributed by atoms with E-state index in [9.17, 15) is 9.59 Å². The number of unbranched alkanes of at least 4 members (excludes halogenated alkanes) is 1. The fraction of sp³-hybridized carbons (Fsp3) is 0.556. The van der Waals surface area contributed by atoms with Crippen LogP contribution in [0.5, 0.6) is 5.75 Å². The van der Waals surface area contributed by atoms with Crippen molar-refractivity contribution in [3.8, 4) is 5.75 Å². The van der Waals surface area contributed by atoms with Crippen LogP contribution in [0, 0.1) is 0 Å². The minimum absolute atomic E-state index is 0.0186. The van der Waals surface area contributed by atoms with Gasteiger partial charge in [-0.1, -0.05) is 27.5 Å². The van der Waals surface area contributed by atoms with Crippen LogP contribution in [-0.4, -0.2) is 34.8 Å². The molecular weight excluding hydrogens is 408 g/mol. The Bertz CT molecular complexity index is 630. The molecule has 0 spiro atoms. The van der Waals surface area contributed by atoms with E-state index in [0.29, 0.717) is 17.2 Å². The summed E-state index contributed by atoms with van der Waals surface area (Å²) < 4.78 is 5.45. The standard InChI is InChI=1S/C18H22BrClN2O3/c19-8-2-1-3-15(23)21-17-10-18(11-17,12-17)22-16(24)9-25-14-6-4-13(20)5-7-14/h4-7H,1-3,8-12H2,(H,21,23)(H,22,24). The Morgan fingerprint density at radius 2 is 1.64 bits per heavy atom. The van der Waals surface area contributed by atoms with Gasteiger partial charge in [0.1, 0.15) is 5.75 Å². The quantitative estimate of drug-likeness (QED) is 0.468. The zero-order valence-electron chi connectivity index (χ0n) is 13.9. The van der Waals surface area contributed by atoms with E-state index in [0.717, 1.165) is 37.4 Å². The van der Waals surface area contributed by atoms with Gasteiger partial charge in [-0.05, 0) is 56.4 Å². The summed E-state index contributed by atoms with van der Waals surface area (Å²) in [6, 6.07) is 6.91. The molecule has 3 aliphatic rings. The fourth-order valence-electron chi connectivity index (χ4n) is 3.80. The van der Waals surface area contributed by atoms with E-state index in [4.69, 9.17) is 16.3 Å². The first-order valence-electron chi connectivity index (χ1n) is 8.51.